The van der Waals surface area contributed by atoms with E-state index in [0.717, 1.165) is 29.9 Å². The van der Waals surface area contributed by atoms with Gasteiger partial charge in [-0.15, -0.1) is 0 Å². The van der Waals surface area contributed by atoms with Crippen LogP contribution in [0, 0.1) is 11.7 Å². The van der Waals surface area contributed by atoms with Crippen LogP contribution in [0.25, 0.3) is 0 Å². The van der Waals surface area contributed by atoms with Gasteiger partial charge in [-0.25, -0.2) is 17.9 Å². The van der Waals surface area contributed by atoms with E-state index < -0.39 is 33.8 Å². The van der Waals surface area contributed by atoms with E-state index in [2.05, 4.69) is 10.3 Å². The number of fused-ring (bicyclic) bond motifs is 1. The number of anilines is 2. The van der Waals surface area contributed by atoms with Gasteiger partial charge < -0.3 is 19.8 Å². The summed E-state index contributed by atoms with van der Waals surface area (Å²) in [5.41, 5.74) is 4.43. The lowest BCUT2D eigenvalue weighted by atomic mass is 9.93. The van der Waals surface area contributed by atoms with Gasteiger partial charge in [0.1, 0.15) is 11.9 Å². The van der Waals surface area contributed by atoms with Crippen LogP contribution in [0.2, 0.25) is 0 Å². The van der Waals surface area contributed by atoms with Crippen molar-refractivity contribution in [2.24, 2.45) is 11.1 Å². The zero-order chi connectivity index (χ0) is 31.2. The van der Waals surface area contributed by atoms with Crippen LogP contribution >= 0.6 is 24.0 Å². The van der Waals surface area contributed by atoms with Gasteiger partial charge in [-0.05, 0) is 68.4 Å². The van der Waals surface area contributed by atoms with E-state index in [1.165, 1.54) is 18.3 Å². The molecule has 0 radical (unpaired) electrons. The number of hydrogen-bond acceptors (Lipinski definition) is 10. The molecule has 11 nitrogen and oxygen atoms in total. The van der Waals surface area contributed by atoms with Crippen molar-refractivity contribution in [3.63, 3.8) is 0 Å². The summed E-state index contributed by atoms with van der Waals surface area (Å²) < 4.78 is 38.8. The van der Waals surface area contributed by atoms with Crippen LogP contribution in [-0.2, 0) is 19.6 Å². The molecule has 2 saturated heterocycles. The molecule has 1 aromatic carbocycles. The Morgan fingerprint density at radius 3 is 2.56 bits per heavy atom. The van der Waals surface area contributed by atoms with E-state index in [1.54, 1.807) is 23.1 Å². The molecule has 3 aliphatic heterocycles. The number of carbonyl (C=O) groups excluding carboxylic acids is 2. The topological polar surface area (TPSA) is 140 Å². The predicted octanol–water partition coefficient (Wildman–Crippen LogP) is 2.25. The second-order valence-electron chi connectivity index (χ2n) is 10.8. The van der Waals surface area contributed by atoms with Crippen molar-refractivity contribution in [2.45, 2.75) is 26.4 Å². The zero-order valence-corrected chi connectivity index (χ0v) is 26.4. The minimum Gasteiger partial charge on any atom is -0.383 e. The maximum atomic E-state index is 15.3. The molecule has 43 heavy (non-hydrogen) atoms. The minimum absolute atomic E-state index is 0.0663. The van der Waals surface area contributed by atoms with E-state index in [0.29, 0.717) is 36.6 Å². The molecule has 3 heterocycles. The first kappa shape index (κ1) is 31.3. The molecule has 4 N–H and O–H groups in total. The third kappa shape index (κ3) is 6.28. The SMILES string of the molecule is CCN1C=C(C(=O)NN2C(=O)/C(=C/C3=CC=C(S(N)(=O)=O)CC3C)SC2=S)C(O)c2cc(F)c(N3CCN(C)CC3)cc21. The zero-order valence-electron chi connectivity index (χ0n) is 23.9. The molecule has 5 rings (SSSR count). The van der Waals surface area contributed by atoms with Gasteiger partial charge in [0.25, 0.3) is 11.8 Å². The number of thioether (sulfide) groups is 1. The average Bonchev–Trinajstić information content (AvgIpc) is 3.21. The number of halogens is 1. The van der Waals surface area contributed by atoms with Crippen molar-refractivity contribution < 1.29 is 27.5 Å². The molecule has 0 aromatic heterocycles. The number of aliphatic hydroxyl groups excluding tert-OH is 1. The molecular weight excluding hydrogens is 616 g/mol. The van der Waals surface area contributed by atoms with Crippen molar-refractivity contribution in [1.82, 2.24) is 15.3 Å². The van der Waals surface area contributed by atoms with E-state index in [4.69, 9.17) is 17.4 Å². The number of rotatable bonds is 6. The van der Waals surface area contributed by atoms with Gasteiger partial charge in [-0.3, -0.25) is 15.0 Å². The van der Waals surface area contributed by atoms with Crippen molar-refractivity contribution in [3.05, 3.63) is 68.9 Å². The summed E-state index contributed by atoms with van der Waals surface area (Å²) in [5, 5.41) is 17.4. The molecule has 1 aromatic rings. The molecular formula is C28H33FN6O5S3. The number of sulfonamides is 1. The lowest BCUT2D eigenvalue weighted by Gasteiger charge is -2.36. The number of amides is 2. The van der Waals surface area contributed by atoms with Crippen molar-refractivity contribution >= 4 is 61.5 Å². The summed E-state index contributed by atoms with van der Waals surface area (Å²) in [4.78, 5) is 32.9. The van der Waals surface area contributed by atoms with Crippen LogP contribution in [-0.4, -0.2) is 79.3 Å². The molecule has 0 bridgehead atoms. The fraction of sp³-hybridized carbons (Fsp3) is 0.393. The standard InChI is InChI=1S/C28H33FN6O5S3/c1-4-33-15-20(25(36)19-13-21(29)23(14-22(19)33)34-9-7-32(3)8-10-34)26(37)31-35-27(38)24(42-28(35)41)12-17-5-6-18(11-16(17)2)43(30,39)40/h5-6,12-16,25,36H,4,7-11H2,1-3H3,(H,31,37)(H2,30,39,40)/b24-12-. The molecule has 2 fully saturated rings. The van der Waals surface area contributed by atoms with Gasteiger partial charge in [0, 0.05) is 50.2 Å². The summed E-state index contributed by atoms with van der Waals surface area (Å²) in [5.74, 6) is -2.04. The molecule has 0 spiro atoms. The third-order valence-electron chi connectivity index (χ3n) is 7.94. The summed E-state index contributed by atoms with van der Waals surface area (Å²) in [6.07, 6.45) is 4.87. The Morgan fingerprint density at radius 1 is 1.23 bits per heavy atom. The van der Waals surface area contributed by atoms with Gasteiger partial charge in [-0.2, -0.15) is 5.01 Å². The Hall–Kier alpha value is -3.08. The van der Waals surface area contributed by atoms with Gasteiger partial charge >= 0.3 is 0 Å². The number of nitrogens with zero attached hydrogens (tertiary/aromatic N) is 4. The highest BCUT2D eigenvalue weighted by Crippen LogP contribution is 2.41. The highest BCUT2D eigenvalue weighted by molar-refractivity contribution is 8.26. The highest BCUT2D eigenvalue weighted by atomic mass is 32.2. The first-order valence-electron chi connectivity index (χ1n) is 13.7. The van der Waals surface area contributed by atoms with E-state index in [9.17, 15) is 23.1 Å². The molecule has 2 atom stereocenters. The molecule has 15 heteroatoms. The number of aliphatic hydroxyl groups is 1. The van der Waals surface area contributed by atoms with Gasteiger partial charge in [-0.1, -0.05) is 24.8 Å². The van der Waals surface area contributed by atoms with Gasteiger partial charge in [0.15, 0.2) is 4.32 Å². The number of carbonyl (C=O) groups is 2. The van der Waals surface area contributed by atoms with E-state index >= 15 is 4.39 Å². The second kappa shape index (κ2) is 12.1. The number of nitrogens with one attached hydrogen (secondary N) is 1. The van der Waals surface area contributed by atoms with Crippen LogP contribution in [0.4, 0.5) is 15.8 Å². The van der Waals surface area contributed by atoms with Gasteiger partial charge in [0.05, 0.1) is 21.1 Å². The summed E-state index contributed by atoms with van der Waals surface area (Å²) in [6, 6.07) is 2.98. The maximum Gasteiger partial charge on any atom is 0.285 e. The Morgan fingerprint density at radius 2 is 1.93 bits per heavy atom. The number of allylic oxidation sites excluding steroid dienone is 5. The molecule has 2 unspecified atom stereocenters. The Balaban J connectivity index is 1.35. The summed E-state index contributed by atoms with van der Waals surface area (Å²) in [7, 11) is -1.79. The number of piperazine rings is 1. The maximum absolute atomic E-state index is 15.3. The number of nitrogens with two attached hydrogens (primary N) is 1. The minimum atomic E-state index is -3.81. The van der Waals surface area contributed by atoms with Crippen molar-refractivity contribution in [1.29, 1.82) is 0 Å². The monoisotopic (exact) mass is 648 g/mol. The highest BCUT2D eigenvalue weighted by Gasteiger charge is 2.37. The Bertz CT molecular complexity index is 1610. The van der Waals surface area contributed by atoms with E-state index in [1.807, 2.05) is 25.8 Å². The van der Waals surface area contributed by atoms with Gasteiger partial charge in [0.2, 0.25) is 10.0 Å². The summed E-state index contributed by atoms with van der Waals surface area (Å²) >= 11 is 6.34. The molecule has 0 saturated carbocycles. The largest absolute Gasteiger partial charge is 0.383 e. The molecule has 4 aliphatic rings. The van der Waals surface area contributed by atoms with Crippen LogP contribution in [0.5, 0.6) is 0 Å². The smallest absolute Gasteiger partial charge is 0.285 e. The summed E-state index contributed by atoms with van der Waals surface area (Å²) in [6.45, 7) is 7.09. The Labute approximate surface area is 259 Å². The first-order valence-corrected chi connectivity index (χ1v) is 16.5. The third-order valence-corrected chi connectivity index (χ3v) is 10.3. The van der Waals surface area contributed by atoms with Crippen molar-refractivity contribution in [2.75, 3.05) is 49.6 Å². The van der Waals surface area contributed by atoms with Crippen LogP contribution in [0.1, 0.15) is 31.9 Å². The van der Waals surface area contributed by atoms with E-state index in [-0.39, 0.29) is 37.6 Å². The normalized spacial score (nSPS) is 24.2. The number of hydrazine groups is 1. The number of benzene rings is 1. The van der Waals surface area contributed by atoms with Crippen LogP contribution < -0.4 is 20.4 Å². The van der Waals surface area contributed by atoms with Crippen LogP contribution in [0.3, 0.4) is 0 Å². The number of primary sulfonamides is 1. The lowest BCUT2D eigenvalue weighted by Crippen LogP contribution is -2.47. The van der Waals surface area contributed by atoms with Crippen molar-refractivity contribution in [3.8, 4) is 0 Å². The molecule has 1 aliphatic carbocycles. The number of thiocarbonyl (C=S) groups is 1. The fourth-order valence-corrected chi connectivity index (χ4v) is 7.29. The number of hydrogen-bond donors (Lipinski definition) is 3. The predicted molar refractivity (Wildman–Crippen MR) is 168 cm³/mol. The first-order chi connectivity index (χ1) is 20.3. The number of likely N-dealkylation sites (N-methyl/N-ethyl adjacent to an activating group) is 1. The average molecular weight is 649 g/mol. The van der Waals surface area contributed by atoms with Crippen LogP contribution in [0.15, 0.2) is 57.5 Å². The molecule has 2 amide bonds. The Kier molecular flexibility index (Phi) is 8.84. The fourth-order valence-electron chi connectivity index (χ4n) is 5.37. The quantitative estimate of drug-likeness (QED) is 0.311. The second-order valence-corrected chi connectivity index (χ2v) is 14.1. The molecule has 230 valence electrons. The lowest BCUT2D eigenvalue weighted by molar-refractivity contribution is -0.131.